The Morgan fingerprint density at radius 1 is 0.882 bits per heavy atom. The average Bonchev–Trinajstić information content (AvgIpc) is 3.08. The van der Waals surface area contributed by atoms with Gasteiger partial charge in [-0.05, 0) is 92.6 Å². The van der Waals surface area contributed by atoms with Crippen molar-refractivity contribution in [2.24, 2.45) is 5.92 Å². The fourth-order valence-electron chi connectivity index (χ4n) is 6.22. The fraction of sp³-hybridized carbons (Fsp3) is 0.444. The van der Waals surface area contributed by atoms with Crippen molar-refractivity contribution in [3.63, 3.8) is 0 Å². The first-order valence-corrected chi connectivity index (χ1v) is 16.0. The molecule has 7 nitrogen and oxygen atoms in total. The zero-order chi connectivity index (χ0) is 37.7. The molecule has 2 atom stereocenters. The lowest BCUT2D eigenvalue weighted by molar-refractivity contribution is -0.149. The predicted molar refractivity (Wildman–Crippen MR) is 169 cm³/mol. The summed E-state index contributed by atoms with van der Waals surface area (Å²) in [6.45, 7) is 2.94. The SMILES string of the molecule is CCOC(=O)C1CCC(Oc2cc(-c3ccc(F)cc3CN(C=O)C(C)C(OC)c3cc(C(F)(F)F)cc(C(F)(F)F)c3)c(OC)cc2F)CC1. The number of ether oxygens (including phenoxy) is 4. The second-order valence-corrected chi connectivity index (χ2v) is 12.1. The van der Waals surface area contributed by atoms with Gasteiger partial charge in [0.2, 0.25) is 6.41 Å². The van der Waals surface area contributed by atoms with Gasteiger partial charge in [-0.3, -0.25) is 9.59 Å². The van der Waals surface area contributed by atoms with Crippen molar-refractivity contribution in [3.8, 4) is 22.6 Å². The second kappa shape index (κ2) is 16.3. The molecular weight excluding hydrogens is 694 g/mol. The molecule has 1 fully saturated rings. The van der Waals surface area contributed by atoms with E-state index in [4.69, 9.17) is 18.9 Å². The third kappa shape index (κ3) is 9.48. The number of amides is 1. The van der Waals surface area contributed by atoms with Crippen molar-refractivity contribution in [2.75, 3.05) is 20.8 Å². The summed E-state index contributed by atoms with van der Waals surface area (Å²) >= 11 is 0. The monoisotopic (exact) mass is 731 g/mol. The van der Waals surface area contributed by atoms with Crippen LogP contribution in [0.25, 0.3) is 11.1 Å². The van der Waals surface area contributed by atoms with Crippen molar-refractivity contribution in [2.45, 2.75) is 76.7 Å². The normalized spacial score (nSPS) is 17.7. The molecule has 3 aromatic carbocycles. The molecule has 0 bridgehead atoms. The molecule has 3 aromatic rings. The van der Waals surface area contributed by atoms with Crippen molar-refractivity contribution in [3.05, 3.63) is 82.4 Å². The van der Waals surface area contributed by atoms with Crippen molar-refractivity contribution >= 4 is 12.4 Å². The Hall–Kier alpha value is -4.40. The van der Waals surface area contributed by atoms with Crippen LogP contribution in [-0.4, -0.2) is 50.3 Å². The average molecular weight is 732 g/mol. The Labute approximate surface area is 289 Å². The summed E-state index contributed by atoms with van der Waals surface area (Å²) in [5.74, 6) is -2.18. The number of benzene rings is 3. The van der Waals surface area contributed by atoms with Gasteiger partial charge in [-0.25, -0.2) is 8.78 Å². The maximum Gasteiger partial charge on any atom is 0.416 e. The molecular formula is C36H37F8NO6. The van der Waals surface area contributed by atoms with Crippen molar-refractivity contribution in [1.82, 2.24) is 4.90 Å². The van der Waals surface area contributed by atoms with Gasteiger partial charge in [-0.2, -0.15) is 26.3 Å². The number of carbonyl (C=O) groups excluding carboxylic acids is 2. The van der Waals surface area contributed by atoms with Gasteiger partial charge >= 0.3 is 18.3 Å². The highest BCUT2D eigenvalue weighted by atomic mass is 19.4. The van der Waals surface area contributed by atoms with Crippen LogP contribution in [0.3, 0.4) is 0 Å². The summed E-state index contributed by atoms with van der Waals surface area (Å²) in [5, 5.41) is 0. The predicted octanol–water partition coefficient (Wildman–Crippen LogP) is 8.91. The Balaban J connectivity index is 1.67. The molecule has 2 unspecified atom stereocenters. The first-order valence-electron chi connectivity index (χ1n) is 16.0. The highest BCUT2D eigenvalue weighted by Crippen LogP contribution is 2.41. The van der Waals surface area contributed by atoms with Crippen LogP contribution in [0, 0.1) is 17.6 Å². The number of methoxy groups -OCH3 is 2. The lowest BCUT2D eigenvalue weighted by atomic mass is 9.87. The van der Waals surface area contributed by atoms with Crippen LogP contribution in [0.2, 0.25) is 0 Å². The molecule has 0 saturated heterocycles. The van der Waals surface area contributed by atoms with Crippen LogP contribution in [0.4, 0.5) is 35.1 Å². The van der Waals surface area contributed by atoms with Gasteiger partial charge in [0, 0.05) is 25.3 Å². The Morgan fingerprint density at radius 2 is 1.51 bits per heavy atom. The molecule has 0 heterocycles. The summed E-state index contributed by atoms with van der Waals surface area (Å²) < 4.78 is 133. The molecule has 1 aliphatic carbocycles. The van der Waals surface area contributed by atoms with Gasteiger partial charge in [0.05, 0.1) is 42.9 Å². The zero-order valence-electron chi connectivity index (χ0n) is 28.2. The van der Waals surface area contributed by atoms with Gasteiger partial charge in [-0.15, -0.1) is 0 Å². The van der Waals surface area contributed by atoms with Gasteiger partial charge in [0.25, 0.3) is 0 Å². The molecule has 51 heavy (non-hydrogen) atoms. The molecule has 0 spiro atoms. The number of nitrogens with zero attached hydrogens (tertiary/aromatic N) is 1. The highest BCUT2D eigenvalue weighted by Gasteiger charge is 2.39. The summed E-state index contributed by atoms with van der Waals surface area (Å²) in [6, 6.07) is 5.85. The smallest absolute Gasteiger partial charge is 0.416 e. The number of halogens is 8. The first-order chi connectivity index (χ1) is 24.0. The zero-order valence-corrected chi connectivity index (χ0v) is 28.2. The molecule has 0 aliphatic heterocycles. The molecule has 0 aromatic heterocycles. The minimum atomic E-state index is -5.11. The topological polar surface area (TPSA) is 74.3 Å². The molecule has 0 radical (unpaired) electrons. The van der Waals surface area contributed by atoms with E-state index in [0.717, 1.165) is 30.2 Å². The number of alkyl halides is 6. The minimum Gasteiger partial charge on any atom is -0.496 e. The lowest BCUT2D eigenvalue weighted by Crippen LogP contribution is -2.37. The van der Waals surface area contributed by atoms with E-state index < -0.39 is 65.5 Å². The molecule has 4 rings (SSSR count). The number of hydrogen-bond acceptors (Lipinski definition) is 6. The van der Waals surface area contributed by atoms with Gasteiger partial charge in [0.1, 0.15) is 17.7 Å². The third-order valence-corrected chi connectivity index (χ3v) is 8.84. The number of esters is 1. The molecule has 278 valence electrons. The Morgan fingerprint density at radius 3 is 2.04 bits per heavy atom. The van der Waals surface area contributed by atoms with E-state index >= 15 is 4.39 Å². The summed E-state index contributed by atoms with van der Waals surface area (Å²) in [6.07, 6.45) is -9.95. The second-order valence-electron chi connectivity index (χ2n) is 12.1. The summed E-state index contributed by atoms with van der Waals surface area (Å²) in [7, 11) is 2.35. The van der Waals surface area contributed by atoms with Crippen LogP contribution in [-0.2, 0) is 38.0 Å². The highest BCUT2D eigenvalue weighted by molar-refractivity contribution is 5.75. The quantitative estimate of drug-likeness (QED) is 0.0994. The number of hydrogen-bond donors (Lipinski definition) is 0. The van der Waals surface area contributed by atoms with E-state index in [-0.39, 0.29) is 52.7 Å². The minimum absolute atomic E-state index is 0.0140. The summed E-state index contributed by atoms with van der Waals surface area (Å²) in [5.41, 5.74) is -2.93. The summed E-state index contributed by atoms with van der Waals surface area (Å²) in [4.78, 5) is 25.6. The molecule has 1 saturated carbocycles. The van der Waals surface area contributed by atoms with E-state index in [1.165, 1.54) is 26.2 Å². The maximum absolute atomic E-state index is 15.3. The maximum atomic E-state index is 15.3. The van der Waals surface area contributed by atoms with Crippen LogP contribution in [0.15, 0.2) is 48.5 Å². The standard InChI is InChI=1S/C36H37F8NO6/c1-5-50-34(47)21-6-9-27(10-7-21)51-32-16-29(31(48-3)17-30(32)38)28-11-8-26(37)14-23(28)18-45(19-46)20(2)33(49-4)22-12-24(35(39,40)41)15-25(13-22)36(42,43)44/h8,11-17,19-21,27,33H,5-7,9-10,18H2,1-4H3. The van der Waals surface area contributed by atoms with E-state index in [1.54, 1.807) is 6.92 Å². The van der Waals surface area contributed by atoms with E-state index in [1.807, 2.05) is 0 Å². The van der Waals surface area contributed by atoms with Crippen LogP contribution in [0.1, 0.15) is 67.9 Å². The number of rotatable bonds is 13. The van der Waals surface area contributed by atoms with Crippen molar-refractivity contribution < 1.29 is 63.7 Å². The Bertz CT molecular complexity index is 1660. The van der Waals surface area contributed by atoms with Gasteiger partial charge in [-0.1, -0.05) is 6.07 Å². The molecule has 1 aliphatic rings. The fourth-order valence-corrected chi connectivity index (χ4v) is 6.22. The third-order valence-electron chi connectivity index (χ3n) is 8.84. The largest absolute Gasteiger partial charge is 0.496 e. The van der Waals surface area contributed by atoms with E-state index in [0.29, 0.717) is 44.2 Å². The molecule has 0 N–H and O–H groups in total. The van der Waals surface area contributed by atoms with Crippen LogP contribution >= 0.6 is 0 Å². The number of carbonyl (C=O) groups is 2. The van der Waals surface area contributed by atoms with Crippen molar-refractivity contribution in [1.29, 1.82) is 0 Å². The van der Waals surface area contributed by atoms with Crippen LogP contribution < -0.4 is 9.47 Å². The van der Waals surface area contributed by atoms with Gasteiger partial charge < -0.3 is 23.8 Å². The molecule has 15 heteroatoms. The molecule has 1 amide bonds. The van der Waals surface area contributed by atoms with Crippen LogP contribution in [0.5, 0.6) is 11.5 Å². The Kier molecular flexibility index (Phi) is 12.6. The lowest BCUT2D eigenvalue weighted by Gasteiger charge is -2.33. The van der Waals surface area contributed by atoms with E-state index in [9.17, 15) is 40.3 Å². The first kappa shape index (κ1) is 39.4. The van der Waals surface area contributed by atoms with E-state index in [2.05, 4.69) is 0 Å². The van der Waals surface area contributed by atoms with Gasteiger partial charge in [0.15, 0.2) is 11.6 Å².